The van der Waals surface area contributed by atoms with Crippen molar-refractivity contribution >= 4 is 17.5 Å². The summed E-state index contributed by atoms with van der Waals surface area (Å²) in [6.45, 7) is 2.61. The Balaban J connectivity index is 1.80. The van der Waals surface area contributed by atoms with Crippen LogP contribution >= 0.6 is 0 Å². The van der Waals surface area contributed by atoms with Gasteiger partial charge in [-0.15, -0.1) is 0 Å². The highest BCUT2D eigenvalue weighted by molar-refractivity contribution is 6.35. The molecule has 0 bridgehead atoms. The summed E-state index contributed by atoms with van der Waals surface area (Å²) in [6.07, 6.45) is -0.554. The highest BCUT2D eigenvalue weighted by atomic mass is 16.7. The van der Waals surface area contributed by atoms with E-state index in [1.54, 1.807) is 4.90 Å². The molecule has 0 aliphatic carbocycles. The van der Waals surface area contributed by atoms with Gasteiger partial charge in [-0.2, -0.15) is 0 Å². The molecule has 0 atom stereocenters. The average Bonchev–Trinajstić information content (AvgIpc) is 2.62. The summed E-state index contributed by atoms with van der Waals surface area (Å²) in [7, 11) is 2.95. The van der Waals surface area contributed by atoms with Crippen LogP contribution in [0, 0.1) is 0 Å². The van der Waals surface area contributed by atoms with Crippen LogP contribution in [0.5, 0.6) is 0 Å². The van der Waals surface area contributed by atoms with Crippen LogP contribution in [0.1, 0.15) is 0 Å². The Bertz CT molecular complexity index is 511. The Kier molecular flexibility index (Phi) is 6.37. The van der Waals surface area contributed by atoms with Crippen LogP contribution in [-0.4, -0.2) is 69.9 Å². The molecule has 2 amide bonds. The number of hydrogen-bond donors (Lipinski definition) is 1. The second-order valence-electron chi connectivity index (χ2n) is 5.23. The predicted octanol–water partition coefficient (Wildman–Crippen LogP) is 0.0703. The highest BCUT2D eigenvalue weighted by Gasteiger charge is 2.26. The summed E-state index contributed by atoms with van der Waals surface area (Å²) >= 11 is 0. The molecule has 1 aliphatic heterocycles. The van der Waals surface area contributed by atoms with E-state index >= 15 is 0 Å². The van der Waals surface area contributed by atoms with Gasteiger partial charge in [0.1, 0.15) is 0 Å². The summed E-state index contributed by atoms with van der Waals surface area (Å²) in [5, 5.41) is 2.53. The first-order valence-electron chi connectivity index (χ1n) is 7.58. The topological polar surface area (TPSA) is 71.1 Å². The van der Waals surface area contributed by atoms with E-state index in [0.29, 0.717) is 26.2 Å². The summed E-state index contributed by atoms with van der Waals surface area (Å²) < 4.78 is 9.94. The Morgan fingerprint density at radius 2 is 1.70 bits per heavy atom. The molecule has 1 saturated heterocycles. The van der Waals surface area contributed by atoms with Gasteiger partial charge in [-0.05, 0) is 12.1 Å². The summed E-state index contributed by atoms with van der Waals surface area (Å²) in [5.41, 5.74) is 1.13. The van der Waals surface area contributed by atoms with Crippen molar-refractivity contribution in [3.63, 3.8) is 0 Å². The third-order valence-corrected chi connectivity index (χ3v) is 3.84. The number of benzene rings is 1. The van der Waals surface area contributed by atoms with Crippen molar-refractivity contribution in [2.45, 2.75) is 6.29 Å². The minimum atomic E-state index is -0.628. The van der Waals surface area contributed by atoms with E-state index in [-0.39, 0.29) is 6.54 Å². The van der Waals surface area contributed by atoms with Gasteiger partial charge in [0.2, 0.25) is 0 Å². The van der Waals surface area contributed by atoms with E-state index in [4.69, 9.17) is 9.47 Å². The second-order valence-corrected chi connectivity index (χ2v) is 5.23. The van der Waals surface area contributed by atoms with E-state index in [1.807, 2.05) is 30.3 Å². The lowest BCUT2D eigenvalue weighted by Crippen LogP contribution is -2.53. The first-order valence-corrected chi connectivity index (χ1v) is 7.58. The number of piperazine rings is 1. The molecule has 0 aromatic heterocycles. The second kappa shape index (κ2) is 8.50. The highest BCUT2D eigenvalue weighted by Crippen LogP contribution is 2.15. The maximum absolute atomic E-state index is 12.1. The number of carbonyl (C=O) groups is 2. The first kappa shape index (κ1) is 17.2. The fraction of sp³-hybridized carbons (Fsp3) is 0.500. The van der Waals surface area contributed by atoms with Gasteiger partial charge in [0.15, 0.2) is 6.29 Å². The molecule has 0 saturated carbocycles. The number of hydrogen-bond acceptors (Lipinski definition) is 5. The number of rotatable bonds is 5. The zero-order chi connectivity index (χ0) is 16.7. The fourth-order valence-corrected chi connectivity index (χ4v) is 2.46. The first-order chi connectivity index (χ1) is 11.2. The number of ether oxygens (including phenoxy) is 2. The molecule has 1 aromatic rings. The molecule has 2 rings (SSSR count). The molecule has 126 valence electrons. The SMILES string of the molecule is COC(CNC(=O)C(=O)N1CCN(c2ccccc2)CC1)OC. The Morgan fingerprint density at radius 3 is 2.26 bits per heavy atom. The lowest BCUT2D eigenvalue weighted by molar-refractivity contribution is -0.148. The quantitative estimate of drug-likeness (QED) is 0.614. The average molecular weight is 321 g/mol. The Labute approximate surface area is 136 Å². The third kappa shape index (κ3) is 4.67. The molecule has 7 nitrogen and oxygen atoms in total. The van der Waals surface area contributed by atoms with Crippen LogP contribution < -0.4 is 10.2 Å². The van der Waals surface area contributed by atoms with Gasteiger partial charge in [-0.3, -0.25) is 9.59 Å². The van der Waals surface area contributed by atoms with Crippen molar-refractivity contribution in [3.05, 3.63) is 30.3 Å². The number of methoxy groups -OCH3 is 2. The Morgan fingerprint density at radius 1 is 1.09 bits per heavy atom. The van der Waals surface area contributed by atoms with Gasteiger partial charge in [-0.1, -0.05) is 18.2 Å². The minimum absolute atomic E-state index is 0.140. The monoisotopic (exact) mass is 321 g/mol. The van der Waals surface area contributed by atoms with Gasteiger partial charge in [-0.25, -0.2) is 0 Å². The Hall–Kier alpha value is -2.12. The van der Waals surface area contributed by atoms with E-state index < -0.39 is 18.1 Å². The number of carbonyl (C=O) groups excluding carboxylic acids is 2. The van der Waals surface area contributed by atoms with Crippen molar-refractivity contribution in [1.82, 2.24) is 10.2 Å². The molecular formula is C16H23N3O4. The molecule has 0 unspecified atom stereocenters. The zero-order valence-electron chi connectivity index (χ0n) is 13.5. The van der Waals surface area contributed by atoms with Crippen LogP contribution in [0.3, 0.4) is 0 Å². The van der Waals surface area contributed by atoms with Gasteiger partial charge in [0.25, 0.3) is 0 Å². The van der Waals surface area contributed by atoms with Crippen LogP contribution in [0.4, 0.5) is 5.69 Å². The van der Waals surface area contributed by atoms with Gasteiger partial charge >= 0.3 is 11.8 Å². The predicted molar refractivity (Wildman–Crippen MR) is 86.1 cm³/mol. The van der Waals surface area contributed by atoms with E-state index in [2.05, 4.69) is 10.2 Å². The molecular weight excluding hydrogens is 298 g/mol. The minimum Gasteiger partial charge on any atom is -0.368 e. The van der Waals surface area contributed by atoms with Crippen molar-refractivity contribution in [1.29, 1.82) is 0 Å². The molecule has 1 fully saturated rings. The van der Waals surface area contributed by atoms with E-state index in [9.17, 15) is 9.59 Å². The number of para-hydroxylation sites is 1. The van der Waals surface area contributed by atoms with Crippen molar-refractivity contribution < 1.29 is 19.1 Å². The normalized spacial score (nSPS) is 14.9. The standard InChI is InChI=1S/C16H23N3O4/c1-22-14(23-2)12-17-15(20)16(21)19-10-8-18(9-11-19)13-6-4-3-5-7-13/h3-7,14H,8-12H2,1-2H3,(H,17,20). The number of anilines is 1. The molecule has 1 heterocycles. The summed E-state index contributed by atoms with van der Waals surface area (Å²) in [5.74, 6) is -1.14. The lowest BCUT2D eigenvalue weighted by atomic mass is 10.2. The molecule has 1 N–H and O–H groups in total. The molecule has 23 heavy (non-hydrogen) atoms. The molecule has 1 aliphatic rings. The van der Waals surface area contributed by atoms with Crippen molar-refractivity contribution in [2.75, 3.05) is 51.8 Å². The van der Waals surface area contributed by atoms with Crippen LogP contribution in [0.25, 0.3) is 0 Å². The van der Waals surface area contributed by atoms with Gasteiger partial charge < -0.3 is 24.6 Å². The lowest BCUT2D eigenvalue weighted by Gasteiger charge is -2.35. The molecule has 0 radical (unpaired) electrons. The molecule has 1 aromatic carbocycles. The summed E-state index contributed by atoms with van der Waals surface area (Å²) in [6, 6.07) is 10.0. The van der Waals surface area contributed by atoms with Crippen molar-refractivity contribution in [2.24, 2.45) is 0 Å². The summed E-state index contributed by atoms with van der Waals surface area (Å²) in [4.78, 5) is 27.8. The van der Waals surface area contributed by atoms with E-state index in [1.165, 1.54) is 14.2 Å². The maximum Gasteiger partial charge on any atom is 0.312 e. The van der Waals surface area contributed by atoms with Crippen molar-refractivity contribution in [3.8, 4) is 0 Å². The third-order valence-electron chi connectivity index (χ3n) is 3.84. The fourth-order valence-electron chi connectivity index (χ4n) is 2.46. The number of nitrogens with one attached hydrogen (secondary N) is 1. The van der Waals surface area contributed by atoms with E-state index in [0.717, 1.165) is 5.69 Å². The smallest absolute Gasteiger partial charge is 0.312 e. The maximum atomic E-state index is 12.1. The van der Waals surface area contributed by atoms with Gasteiger partial charge in [0, 0.05) is 46.1 Å². The van der Waals surface area contributed by atoms with Crippen LogP contribution in [0.2, 0.25) is 0 Å². The number of nitrogens with zero attached hydrogens (tertiary/aromatic N) is 2. The number of amides is 2. The molecule has 0 spiro atoms. The van der Waals surface area contributed by atoms with Crippen LogP contribution in [0.15, 0.2) is 30.3 Å². The largest absolute Gasteiger partial charge is 0.368 e. The van der Waals surface area contributed by atoms with Crippen LogP contribution in [-0.2, 0) is 19.1 Å². The van der Waals surface area contributed by atoms with Gasteiger partial charge in [0.05, 0.1) is 6.54 Å². The molecule has 7 heteroatoms. The zero-order valence-corrected chi connectivity index (χ0v) is 13.5.